The molecule has 2 heterocycles. The van der Waals surface area contributed by atoms with Crippen LogP contribution in [0.1, 0.15) is 23.2 Å². The van der Waals surface area contributed by atoms with Crippen LogP contribution in [0.4, 0.5) is 5.69 Å². The van der Waals surface area contributed by atoms with Crippen LogP contribution in [0.25, 0.3) is 10.8 Å². The van der Waals surface area contributed by atoms with Crippen LogP contribution in [0.2, 0.25) is 0 Å². The van der Waals surface area contributed by atoms with Gasteiger partial charge in [0.25, 0.3) is 5.91 Å². The summed E-state index contributed by atoms with van der Waals surface area (Å²) in [7, 11) is 0. The minimum atomic E-state index is -0.114. The molecule has 0 unspecified atom stereocenters. The lowest BCUT2D eigenvalue weighted by molar-refractivity contribution is 0.0601. The number of rotatable bonds is 4. The van der Waals surface area contributed by atoms with E-state index >= 15 is 0 Å². The first-order valence-corrected chi connectivity index (χ1v) is 8.68. The molecule has 5 heteroatoms. The highest BCUT2D eigenvalue weighted by Crippen LogP contribution is 2.19. The Labute approximate surface area is 146 Å². The fourth-order valence-corrected chi connectivity index (χ4v) is 3.26. The molecule has 1 fully saturated rings. The number of hydrogen-bond acceptors (Lipinski definition) is 3. The van der Waals surface area contributed by atoms with Gasteiger partial charge in [-0.15, -0.1) is 0 Å². The van der Waals surface area contributed by atoms with E-state index in [0.717, 1.165) is 49.1 Å². The number of carbonyl (C=O) groups excluding carboxylic acids is 1. The van der Waals surface area contributed by atoms with Crippen molar-refractivity contribution in [2.45, 2.75) is 19.4 Å². The average molecular weight is 335 g/mol. The van der Waals surface area contributed by atoms with Crippen molar-refractivity contribution in [2.75, 3.05) is 18.5 Å². The molecule has 0 spiro atoms. The third-order valence-corrected chi connectivity index (χ3v) is 4.69. The summed E-state index contributed by atoms with van der Waals surface area (Å²) >= 11 is 0. The summed E-state index contributed by atoms with van der Waals surface area (Å²) in [6.07, 6.45) is 5.74. The zero-order chi connectivity index (χ0) is 17.1. The van der Waals surface area contributed by atoms with Crippen molar-refractivity contribution >= 4 is 22.4 Å². The number of amides is 1. The molecule has 0 radical (unpaired) electrons. The van der Waals surface area contributed by atoms with Gasteiger partial charge >= 0.3 is 0 Å². The Morgan fingerprint density at radius 1 is 1.16 bits per heavy atom. The molecule has 2 aromatic carbocycles. The highest BCUT2D eigenvalue weighted by molar-refractivity contribution is 6.06. The van der Waals surface area contributed by atoms with Crippen molar-refractivity contribution < 1.29 is 9.53 Å². The molecule has 0 atom stereocenters. The first-order chi connectivity index (χ1) is 12.3. The molecule has 128 valence electrons. The van der Waals surface area contributed by atoms with Gasteiger partial charge in [0.15, 0.2) is 0 Å². The summed E-state index contributed by atoms with van der Waals surface area (Å²) in [4.78, 5) is 12.5. The second-order valence-electron chi connectivity index (χ2n) is 6.52. The Bertz CT molecular complexity index is 881. The van der Waals surface area contributed by atoms with Crippen molar-refractivity contribution in [1.29, 1.82) is 0 Å². The first kappa shape index (κ1) is 15.8. The molecule has 3 aromatic rings. The zero-order valence-electron chi connectivity index (χ0n) is 14.0. The Hall–Kier alpha value is -2.66. The molecule has 1 N–H and O–H groups in total. The van der Waals surface area contributed by atoms with E-state index in [1.165, 1.54) is 0 Å². The van der Waals surface area contributed by atoms with E-state index in [1.807, 2.05) is 53.3 Å². The molecule has 1 aliphatic heterocycles. The van der Waals surface area contributed by atoms with E-state index < -0.39 is 0 Å². The Morgan fingerprint density at radius 3 is 2.80 bits per heavy atom. The number of anilines is 1. The number of aromatic nitrogens is 2. The van der Waals surface area contributed by atoms with E-state index in [1.54, 1.807) is 6.20 Å². The largest absolute Gasteiger partial charge is 0.381 e. The molecular formula is C20H21N3O2. The maximum Gasteiger partial charge on any atom is 0.255 e. The van der Waals surface area contributed by atoms with Gasteiger partial charge in [-0.2, -0.15) is 5.10 Å². The van der Waals surface area contributed by atoms with Crippen LogP contribution in [0.15, 0.2) is 54.9 Å². The van der Waals surface area contributed by atoms with Crippen LogP contribution in [0.3, 0.4) is 0 Å². The van der Waals surface area contributed by atoms with Gasteiger partial charge in [0.05, 0.1) is 11.9 Å². The summed E-state index contributed by atoms with van der Waals surface area (Å²) in [6, 6.07) is 13.8. The fourth-order valence-electron chi connectivity index (χ4n) is 3.26. The molecule has 5 nitrogen and oxygen atoms in total. The third-order valence-electron chi connectivity index (χ3n) is 4.69. The van der Waals surface area contributed by atoms with Gasteiger partial charge in [-0.3, -0.25) is 9.48 Å². The molecule has 0 bridgehead atoms. The van der Waals surface area contributed by atoms with Crippen LogP contribution < -0.4 is 5.32 Å². The first-order valence-electron chi connectivity index (χ1n) is 8.68. The standard InChI is InChI=1S/C20H21N3O2/c24-20(18-6-5-16-3-1-2-4-17(16)11-18)22-19-12-21-23(14-19)13-15-7-9-25-10-8-15/h1-6,11-12,14-15H,7-10,13H2,(H,22,24). The molecule has 1 aromatic heterocycles. The molecule has 1 saturated heterocycles. The van der Waals surface area contributed by atoms with Crippen molar-refractivity contribution in [3.05, 3.63) is 60.4 Å². The molecule has 25 heavy (non-hydrogen) atoms. The minimum absolute atomic E-state index is 0.114. The van der Waals surface area contributed by atoms with Crippen LogP contribution in [0, 0.1) is 5.92 Å². The summed E-state index contributed by atoms with van der Waals surface area (Å²) in [6.45, 7) is 2.53. The van der Waals surface area contributed by atoms with E-state index in [9.17, 15) is 4.79 Å². The van der Waals surface area contributed by atoms with Gasteiger partial charge in [0, 0.05) is 31.5 Å². The second-order valence-corrected chi connectivity index (χ2v) is 6.52. The lowest BCUT2D eigenvalue weighted by Gasteiger charge is -2.21. The number of carbonyl (C=O) groups is 1. The molecule has 0 aliphatic carbocycles. The average Bonchev–Trinajstić information content (AvgIpc) is 3.09. The lowest BCUT2D eigenvalue weighted by Crippen LogP contribution is -2.20. The zero-order valence-corrected chi connectivity index (χ0v) is 14.0. The molecule has 4 rings (SSSR count). The van der Waals surface area contributed by atoms with Crippen LogP contribution in [-0.2, 0) is 11.3 Å². The molecular weight excluding hydrogens is 314 g/mol. The number of hydrogen-bond donors (Lipinski definition) is 1. The van der Waals surface area contributed by atoms with E-state index in [2.05, 4.69) is 10.4 Å². The number of ether oxygens (including phenoxy) is 1. The van der Waals surface area contributed by atoms with Crippen molar-refractivity contribution in [1.82, 2.24) is 9.78 Å². The van der Waals surface area contributed by atoms with Crippen LogP contribution in [-0.4, -0.2) is 28.9 Å². The van der Waals surface area contributed by atoms with Gasteiger partial charge in [0.2, 0.25) is 0 Å². The molecule has 0 saturated carbocycles. The second kappa shape index (κ2) is 7.07. The number of nitrogens with one attached hydrogen (secondary N) is 1. The van der Waals surface area contributed by atoms with Gasteiger partial charge < -0.3 is 10.1 Å². The lowest BCUT2D eigenvalue weighted by atomic mass is 10.0. The highest BCUT2D eigenvalue weighted by Gasteiger charge is 2.15. The predicted octanol–water partition coefficient (Wildman–Crippen LogP) is 3.72. The topological polar surface area (TPSA) is 56.2 Å². The van der Waals surface area contributed by atoms with Crippen LogP contribution >= 0.6 is 0 Å². The van der Waals surface area contributed by atoms with Gasteiger partial charge in [-0.05, 0) is 41.7 Å². The van der Waals surface area contributed by atoms with E-state index in [0.29, 0.717) is 11.5 Å². The predicted molar refractivity (Wildman–Crippen MR) is 97.7 cm³/mol. The summed E-state index contributed by atoms with van der Waals surface area (Å²) in [5, 5.41) is 9.49. The maximum absolute atomic E-state index is 12.5. The van der Waals surface area contributed by atoms with Crippen molar-refractivity contribution in [3.63, 3.8) is 0 Å². The SMILES string of the molecule is O=C(Nc1cnn(CC2CCOCC2)c1)c1ccc2ccccc2c1. The third kappa shape index (κ3) is 3.72. The Balaban J connectivity index is 1.43. The quantitative estimate of drug-likeness (QED) is 0.791. The summed E-state index contributed by atoms with van der Waals surface area (Å²) in [5.74, 6) is 0.481. The smallest absolute Gasteiger partial charge is 0.255 e. The number of nitrogens with zero attached hydrogens (tertiary/aromatic N) is 2. The normalized spacial score (nSPS) is 15.4. The van der Waals surface area contributed by atoms with E-state index in [-0.39, 0.29) is 5.91 Å². The minimum Gasteiger partial charge on any atom is -0.381 e. The summed E-state index contributed by atoms with van der Waals surface area (Å²) < 4.78 is 7.30. The van der Waals surface area contributed by atoms with Gasteiger partial charge in [-0.1, -0.05) is 30.3 Å². The number of benzene rings is 2. The van der Waals surface area contributed by atoms with Crippen molar-refractivity contribution in [3.8, 4) is 0 Å². The maximum atomic E-state index is 12.5. The molecule has 1 aliphatic rings. The summed E-state index contributed by atoms with van der Waals surface area (Å²) in [5.41, 5.74) is 1.38. The monoisotopic (exact) mass is 335 g/mol. The molecule has 1 amide bonds. The Morgan fingerprint density at radius 2 is 1.96 bits per heavy atom. The van der Waals surface area contributed by atoms with E-state index in [4.69, 9.17) is 4.74 Å². The van der Waals surface area contributed by atoms with Crippen molar-refractivity contribution in [2.24, 2.45) is 5.92 Å². The Kier molecular flexibility index (Phi) is 4.48. The highest BCUT2D eigenvalue weighted by atomic mass is 16.5. The van der Waals surface area contributed by atoms with Gasteiger partial charge in [0.1, 0.15) is 0 Å². The number of fused-ring (bicyclic) bond motifs is 1. The fraction of sp³-hybridized carbons (Fsp3) is 0.300. The van der Waals surface area contributed by atoms with Crippen LogP contribution in [0.5, 0.6) is 0 Å². The van der Waals surface area contributed by atoms with Gasteiger partial charge in [-0.25, -0.2) is 0 Å².